The van der Waals surface area contributed by atoms with Gasteiger partial charge in [-0.2, -0.15) is 0 Å². The van der Waals surface area contributed by atoms with E-state index in [1.54, 1.807) is 6.07 Å². The van der Waals surface area contributed by atoms with E-state index < -0.39 is 11.7 Å². The van der Waals surface area contributed by atoms with Crippen molar-refractivity contribution in [1.82, 2.24) is 10.9 Å². The highest BCUT2D eigenvalue weighted by molar-refractivity contribution is 5.83. The zero-order valence-corrected chi connectivity index (χ0v) is 14.4. The fourth-order valence-electron chi connectivity index (χ4n) is 3.01. The molecule has 1 aliphatic carbocycles. The zero-order chi connectivity index (χ0) is 18.4. The van der Waals surface area contributed by atoms with E-state index in [4.69, 9.17) is 4.74 Å². The molecule has 2 amide bonds. The Kier molecular flexibility index (Phi) is 5.84. The molecular weight excluding hydrogens is 335 g/mol. The number of hydrogen-bond acceptors (Lipinski definition) is 3. The number of carbonyl (C=O) groups excluding carboxylic acids is 2. The summed E-state index contributed by atoms with van der Waals surface area (Å²) < 4.78 is 18.5. The number of hydrogen-bond donors (Lipinski definition) is 2. The van der Waals surface area contributed by atoms with Crippen LogP contribution in [0, 0.1) is 5.82 Å². The smallest absolute Gasteiger partial charge is 0.276 e. The second kappa shape index (κ2) is 8.47. The number of aryl methyl sites for hydroxylation is 2. The van der Waals surface area contributed by atoms with Gasteiger partial charge in [0.2, 0.25) is 5.91 Å². The van der Waals surface area contributed by atoms with E-state index in [0.29, 0.717) is 0 Å². The van der Waals surface area contributed by atoms with Gasteiger partial charge >= 0.3 is 0 Å². The summed E-state index contributed by atoms with van der Waals surface area (Å²) in [5.74, 6) is -1.44. The van der Waals surface area contributed by atoms with Gasteiger partial charge in [0, 0.05) is 0 Å². The summed E-state index contributed by atoms with van der Waals surface area (Å²) in [5.41, 5.74) is 8.20. The molecule has 0 heterocycles. The SMILES string of the molecule is O=C(COc1ccccc1F)NNC(=O)Cc1ccc2c(c1)CCCC2. The Morgan fingerprint density at radius 2 is 1.69 bits per heavy atom. The van der Waals surface area contributed by atoms with Gasteiger partial charge in [-0.15, -0.1) is 0 Å². The number of ether oxygens (including phenoxy) is 1. The molecule has 0 bridgehead atoms. The summed E-state index contributed by atoms with van der Waals surface area (Å²) in [6, 6.07) is 11.9. The molecule has 0 atom stereocenters. The number of para-hydroxylation sites is 1. The highest BCUT2D eigenvalue weighted by Crippen LogP contribution is 2.22. The lowest BCUT2D eigenvalue weighted by Crippen LogP contribution is -2.44. The standard InChI is InChI=1S/C20H21FN2O3/c21-17-7-3-4-8-18(17)26-13-20(25)23-22-19(24)12-14-9-10-15-5-1-2-6-16(15)11-14/h3-4,7-11H,1-2,5-6,12-13H2,(H,22,24)(H,23,25). The Bertz CT molecular complexity index is 807. The van der Waals surface area contributed by atoms with Crippen LogP contribution in [0.4, 0.5) is 4.39 Å². The van der Waals surface area contributed by atoms with Crippen molar-refractivity contribution >= 4 is 11.8 Å². The van der Waals surface area contributed by atoms with E-state index in [2.05, 4.69) is 23.0 Å². The molecule has 2 aromatic rings. The van der Waals surface area contributed by atoms with Crippen molar-refractivity contribution in [2.24, 2.45) is 0 Å². The summed E-state index contributed by atoms with van der Waals surface area (Å²) in [5, 5.41) is 0. The summed E-state index contributed by atoms with van der Waals surface area (Å²) in [4.78, 5) is 23.7. The number of carbonyl (C=O) groups is 2. The second-order valence-electron chi connectivity index (χ2n) is 6.30. The van der Waals surface area contributed by atoms with Gasteiger partial charge in [0.15, 0.2) is 18.2 Å². The minimum Gasteiger partial charge on any atom is -0.481 e. The van der Waals surface area contributed by atoms with Crippen molar-refractivity contribution in [3.05, 3.63) is 65.0 Å². The predicted octanol–water partition coefficient (Wildman–Crippen LogP) is 2.47. The number of nitrogens with one attached hydrogen (secondary N) is 2. The van der Waals surface area contributed by atoms with E-state index in [-0.39, 0.29) is 24.7 Å². The third kappa shape index (κ3) is 4.81. The Hall–Kier alpha value is -2.89. The van der Waals surface area contributed by atoms with Gasteiger partial charge in [-0.05, 0) is 54.5 Å². The van der Waals surface area contributed by atoms with E-state index in [9.17, 15) is 14.0 Å². The van der Waals surface area contributed by atoms with Crippen LogP contribution in [-0.2, 0) is 28.9 Å². The van der Waals surface area contributed by atoms with Crippen LogP contribution in [0.1, 0.15) is 29.5 Å². The lowest BCUT2D eigenvalue weighted by atomic mass is 9.90. The number of benzene rings is 2. The molecule has 0 fully saturated rings. The van der Waals surface area contributed by atoms with Crippen LogP contribution < -0.4 is 15.6 Å². The molecule has 0 spiro atoms. The van der Waals surface area contributed by atoms with Crippen molar-refractivity contribution in [1.29, 1.82) is 0 Å². The molecule has 6 heteroatoms. The van der Waals surface area contributed by atoms with E-state index in [1.807, 2.05) is 6.07 Å². The summed E-state index contributed by atoms with van der Waals surface area (Å²) in [6.07, 6.45) is 4.73. The van der Waals surface area contributed by atoms with Gasteiger partial charge in [-0.1, -0.05) is 30.3 Å². The van der Waals surface area contributed by atoms with Crippen molar-refractivity contribution in [2.45, 2.75) is 32.1 Å². The third-order valence-corrected chi connectivity index (χ3v) is 4.31. The fourth-order valence-corrected chi connectivity index (χ4v) is 3.01. The Morgan fingerprint density at radius 1 is 0.962 bits per heavy atom. The molecule has 0 unspecified atom stereocenters. The van der Waals surface area contributed by atoms with Crippen molar-refractivity contribution in [2.75, 3.05) is 6.61 Å². The molecular formula is C20H21FN2O3. The first-order valence-electron chi connectivity index (χ1n) is 8.67. The van der Waals surface area contributed by atoms with Crippen molar-refractivity contribution < 1.29 is 18.7 Å². The molecule has 0 saturated carbocycles. The summed E-state index contributed by atoms with van der Waals surface area (Å²) >= 11 is 0. The minimum absolute atomic E-state index is 0.0111. The minimum atomic E-state index is -0.563. The lowest BCUT2D eigenvalue weighted by Gasteiger charge is -2.16. The van der Waals surface area contributed by atoms with Crippen LogP contribution in [0.5, 0.6) is 5.75 Å². The normalized spacial score (nSPS) is 12.8. The number of halogens is 1. The first-order valence-corrected chi connectivity index (χ1v) is 8.67. The quantitative estimate of drug-likeness (QED) is 0.809. The van der Waals surface area contributed by atoms with Crippen molar-refractivity contribution in [3.8, 4) is 5.75 Å². The van der Waals surface area contributed by atoms with Gasteiger partial charge in [0.1, 0.15) is 0 Å². The molecule has 5 nitrogen and oxygen atoms in total. The number of amides is 2. The number of hydrazine groups is 1. The van der Waals surface area contributed by atoms with Crippen LogP contribution in [0.3, 0.4) is 0 Å². The van der Waals surface area contributed by atoms with Gasteiger partial charge in [-0.3, -0.25) is 20.4 Å². The molecule has 3 rings (SSSR count). The maximum absolute atomic E-state index is 13.4. The van der Waals surface area contributed by atoms with Crippen LogP contribution in [0.2, 0.25) is 0 Å². The molecule has 26 heavy (non-hydrogen) atoms. The molecule has 2 N–H and O–H groups in total. The largest absolute Gasteiger partial charge is 0.481 e. The van der Waals surface area contributed by atoms with E-state index >= 15 is 0 Å². The lowest BCUT2D eigenvalue weighted by molar-refractivity contribution is -0.129. The number of fused-ring (bicyclic) bond motifs is 1. The molecule has 0 aromatic heterocycles. The monoisotopic (exact) mass is 356 g/mol. The molecule has 0 saturated heterocycles. The second-order valence-corrected chi connectivity index (χ2v) is 6.30. The van der Waals surface area contributed by atoms with E-state index in [0.717, 1.165) is 18.4 Å². The fraction of sp³-hybridized carbons (Fsp3) is 0.300. The van der Waals surface area contributed by atoms with E-state index in [1.165, 1.54) is 42.2 Å². The molecule has 1 aliphatic rings. The Morgan fingerprint density at radius 3 is 2.50 bits per heavy atom. The topological polar surface area (TPSA) is 67.4 Å². The number of rotatable bonds is 5. The average Bonchev–Trinajstić information content (AvgIpc) is 2.65. The summed E-state index contributed by atoms with van der Waals surface area (Å²) in [7, 11) is 0. The maximum atomic E-state index is 13.4. The van der Waals surface area contributed by atoms with Gasteiger partial charge in [-0.25, -0.2) is 4.39 Å². The zero-order valence-electron chi connectivity index (χ0n) is 14.4. The first-order chi connectivity index (χ1) is 12.6. The summed E-state index contributed by atoms with van der Waals surface area (Å²) in [6.45, 7) is -0.389. The Labute approximate surface area is 151 Å². The van der Waals surface area contributed by atoms with Gasteiger partial charge in [0.05, 0.1) is 6.42 Å². The first kappa shape index (κ1) is 17.9. The van der Waals surface area contributed by atoms with Gasteiger partial charge < -0.3 is 4.74 Å². The average molecular weight is 356 g/mol. The highest BCUT2D eigenvalue weighted by Gasteiger charge is 2.12. The van der Waals surface area contributed by atoms with Crippen molar-refractivity contribution in [3.63, 3.8) is 0 Å². The van der Waals surface area contributed by atoms with Crippen LogP contribution >= 0.6 is 0 Å². The molecule has 2 aromatic carbocycles. The Balaban J connectivity index is 1.43. The van der Waals surface area contributed by atoms with Crippen LogP contribution in [-0.4, -0.2) is 18.4 Å². The maximum Gasteiger partial charge on any atom is 0.276 e. The third-order valence-electron chi connectivity index (χ3n) is 4.31. The molecule has 136 valence electrons. The van der Waals surface area contributed by atoms with Crippen LogP contribution in [0.25, 0.3) is 0 Å². The van der Waals surface area contributed by atoms with Crippen LogP contribution in [0.15, 0.2) is 42.5 Å². The molecule has 0 aliphatic heterocycles. The predicted molar refractivity (Wildman–Crippen MR) is 95.0 cm³/mol. The van der Waals surface area contributed by atoms with Gasteiger partial charge in [0.25, 0.3) is 5.91 Å². The highest BCUT2D eigenvalue weighted by atomic mass is 19.1. The molecule has 0 radical (unpaired) electrons.